The first-order valence-corrected chi connectivity index (χ1v) is 10.5. The number of aromatic nitrogens is 1. The number of anilines is 1. The van der Waals surface area contributed by atoms with E-state index >= 15 is 0 Å². The van der Waals surface area contributed by atoms with Crippen molar-refractivity contribution >= 4 is 38.0 Å². The van der Waals surface area contributed by atoms with Crippen LogP contribution in [0.25, 0.3) is 22.0 Å². The van der Waals surface area contributed by atoms with E-state index in [1.54, 1.807) is 54.6 Å². The van der Waals surface area contributed by atoms with Crippen molar-refractivity contribution in [3.8, 4) is 17.3 Å². The molecule has 0 aliphatic heterocycles. The Kier molecular flexibility index (Phi) is 5.17. The lowest BCUT2D eigenvalue weighted by Gasteiger charge is -2.09. The molecule has 0 atom stereocenters. The molecule has 0 radical (unpaired) electrons. The minimum absolute atomic E-state index is 0.108. The quantitative estimate of drug-likeness (QED) is 0.265. The van der Waals surface area contributed by atoms with Gasteiger partial charge in [0.2, 0.25) is 0 Å². The molecule has 4 rings (SSSR count). The van der Waals surface area contributed by atoms with Crippen LogP contribution in [-0.2, 0) is 10.1 Å². The Bertz CT molecular complexity index is 1470. The molecule has 0 fully saturated rings. The number of azo groups is 1. The summed E-state index contributed by atoms with van der Waals surface area (Å²) in [7, 11) is -4.49. The van der Waals surface area contributed by atoms with Gasteiger partial charge in [0.1, 0.15) is 16.3 Å². The summed E-state index contributed by atoms with van der Waals surface area (Å²) in [5.41, 5.74) is 8.90. The summed E-state index contributed by atoms with van der Waals surface area (Å²) in [6, 6.07) is 20.3. The zero-order valence-electron chi connectivity index (χ0n) is 16.0. The zero-order valence-corrected chi connectivity index (χ0v) is 16.8. The van der Waals surface area contributed by atoms with Crippen LogP contribution in [0.4, 0.5) is 17.1 Å². The van der Waals surface area contributed by atoms with Crippen molar-refractivity contribution in [1.82, 2.24) is 4.98 Å². The summed E-state index contributed by atoms with van der Waals surface area (Å²) in [5, 5.41) is 17.9. The first-order chi connectivity index (χ1) is 14.9. The van der Waals surface area contributed by atoms with Gasteiger partial charge in [-0.1, -0.05) is 36.4 Å². The van der Waals surface area contributed by atoms with Crippen LogP contribution in [0.15, 0.2) is 88.1 Å². The van der Waals surface area contributed by atoms with Crippen molar-refractivity contribution in [1.29, 1.82) is 5.26 Å². The Balaban J connectivity index is 1.70. The number of nitriles is 1. The van der Waals surface area contributed by atoms with Crippen LogP contribution >= 0.6 is 0 Å². The van der Waals surface area contributed by atoms with Crippen LogP contribution in [0.2, 0.25) is 0 Å². The van der Waals surface area contributed by atoms with Gasteiger partial charge in [0, 0.05) is 16.3 Å². The molecule has 0 saturated heterocycles. The first kappa shape index (κ1) is 20.2. The van der Waals surface area contributed by atoms with Crippen molar-refractivity contribution in [3.05, 3.63) is 78.5 Å². The maximum atomic E-state index is 11.8. The minimum atomic E-state index is -4.49. The molecule has 0 unspecified atom stereocenters. The van der Waals surface area contributed by atoms with Crippen molar-refractivity contribution in [3.63, 3.8) is 0 Å². The highest BCUT2D eigenvalue weighted by molar-refractivity contribution is 7.86. The Morgan fingerprint density at radius 3 is 2.42 bits per heavy atom. The summed E-state index contributed by atoms with van der Waals surface area (Å²) in [6.07, 6.45) is 1.50. The van der Waals surface area contributed by atoms with Gasteiger partial charge >= 0.3 is 0 Å². The number of hydrogen-bond donors (Lipinski definition) is 2. The Labute approximate surface area is 178 Å². The van der Waals surface area contributed by atoms with Crippen LogP contribution < -0.4 is 5.73 Å². The third kappa shape index (κ3) is 4.11. The van der Waals surface area contributed by atoms with Gasteiger partial charge in [-0.3, -0.25) is 9.54 Å². The Morgan fingerprint density at radius 1 is 0.968 bits per heavy atom. The average molecular weight is 429 g/mol. The minimum Gasteiger partial charge on any atom is -0.396 e. The van der Waals surface area contributed by atoms with Crippen LogP contribution in [-0.4, -0.2) is 18.0 Å². The number of nitrogens with two attached hydrogens (primary N) is 1. The molecule has 0 bridgehead atoms. The second kappa shape index (κ2) is 7.95. The monoisotopic (exact) mass is 429 g/mol. The van der Waals surface area contributed by atoms with E-state index in [1.807, 2.05) is 6.07 Å². The largest absolute Gasteiger partial charge is 0.396 e. The number of hydrogen-bond acceptors (Lipinski definition) is 7. The van der Waals surface area contributed by atoms with E-state index in [9.17, 15) is 13.0 Å². The van der Waals surface area contributed by atoms with Gasteiger partial charge in [-0.2, -0.15) is 13.7 Å². The summed E-state index contributed by atoms with van der Waals surface area (Å²) in [4.78, 5) is 4.04. The van der Waals surface area contributed by atoms with Gasteiger partial charge in [-0.25, -0.2) is 0 Å². The van der Waals surface area contributed by atoms with Gasteiger partial charge in [0.15, 0.2) is 0 Å². The standard InChI is InChI=1S/C22H15N5O3S/c23-12-14-4-3-5-15(10-14)19-9-8-16(13-25-19)26-27-20-11-21(31(28,29)30)17-6-1-2-7-18(17)22(20)24/h1-11,13H,24H2,(H,28,29,30). The Morgan fingerprint density at radius 2 is 1.74 bits per heavy atom. The molecule has 31 heavy (non-hydrogen) atoms. The fourth-order valence-electron chi connectivity index (χ4n) is 3.12. The van der Waals surface area contributed by atoms with E-state index in [4.69, 9.17) is 11.0 Å². The lowest BCUT2D eigenvalue weighted by molar-refractivity contribution is 0.484. The number of rotatable bonds is 4. The summed E-state index contributed by atoms with van der Waals surface area (Å²) in [6.45, 7) is 0. The highest BCUT2D eigenvalue weighted by atomic mass is 32.2. The molecule has 0 aliphatic rings. The molecule has 1 heterocycles. The maximum absolute atomic E-state index is 11.8. The van der Waals surface area contributed by atoms with E-state index in [0.717, 1.165) is 5.56 Å². The highest BCUT2D eigenvalue weighted by Gasteiger charge is 2.18. The van der Waals surface area contributed by atoms with Crippen molar-refractivity contribution in [2.75, 3.05) is 5.73 Å². The maximum Gasteiger partial charge on any atom is 0.295 e. The van der Waals surface area contributed by atoms with Gasteiger partial charge in [-0.05, 0) is 30.3 Å². The van der Waals surface area contributed by atoms with Crippen molar-refractivity contribution in [2.24, 2.45) is 10.2 Å². The lowest BCUT2D eigenvalue weighted by atomic mass is 10.1. The SMILES string of the molecule is N#Cc1cccc(-c2ccc(N=Nc3cc(S(=O)(=O)O)c4ccccc4c3N)cn2)c1. The van der Waals surface area contributed by atoms with Crippen molar-refractivity contribution < 1.29 is 13.0 Å². The van der Waals surface area contributed by atoms with Crippen LogP contribution in [0.3, 0.4) is 0 Å². The fourth-order valence-corrected chi connectivity index (χ4v) is 3.84. The molecule has 4 aromatic rings. The average Bonchev–Trinajstić information content (AvgIpc) is 2.78. The predicted octanol–water partition coefficient (Wildman–Crippen LogP) is 5.02. The zero-order chi connectivity index (χ0) is 22.0. The number of nitrogen functional groups attached to an aromatic ring is 1. The third-order valence-electron chi connectivity index (χ3n) is 4.61. The molecular formula is C22H15N5O3S. The normalized spacial score (nSPS) is 11.6. The smallest absolute Gasteiger partial charge is 0.295 e. The number of fused-ring (bicyclic) bond motifs is 1. The Hall–Kier alpha value is -4.13. The molecule has 0 aliphatic carbocycles. The summed E-state index contributed by atoms with van der Waals surface area (Å²) < 4.78 is 33.2. The summed E-state index contributed by atoms with van der Waals surface area (Å²) in [5.74, 6) is 0. The summed E-state index contributed by atoms with van der Waals surface area (Å²) >= 11 is 0. The predicted molar refractivity (Wildman–Crippen MR) is 117 cm³/mol. The lowest BCUT2D eigenvalue weighted by Crippen LogP contribution is -2.01. The van der Waals surface area contributed by atoms with Crippen molar-refractivity contribution in [2.45, 2.75) is 4.90 Å². The number of nitrogens with zero attached hydrogens (tertiary/aromatic N) is 4. The molecule has 3 aromatic carbocycles. The fraction of sp³-hybridized carbons (Fsp3) is 0. The second-order valence-corrected chi connectivity index (χ2v) is 8.01. The van der Waals surface area contributed by atoms with E-state index in [1.165, 1.54) is 12.3 Å². The molecular weight excluding hydrogens is 414 g/mol. The third-order valence-corrected chi connectivity index (χ3v) is 5.51. The van der Waals surface area contributed by atoms with Gasteiger partial charge < -0.3 is 5.73 Å². The molecule has 1 aromatic heterocycles. The van der Waals surface area contributed by atoms with Crippen LogP contribution in [0, 0.1) is 11.3 Å². The van der Waals surface area contributed by atoms with Crippen LogP contribution in [0.1, 0.15) is 5.56 Å². The molecule has 0 amide bonds. The molecule has 3 N–H and O–H groups in total. The first-order valence-electron chi connectivity index (χ1n) is 9.04. The van der Waals surface area contributed by atoms with Gasteiger partial charge in [0.25, 0.3) is 10.1 Å². The molecule has 0 spiro atoms. The van der Waals surface area contributed by atoms with E-state index in [0.29, 0.717) is 27.7 Å². The topological polar surface area (TPSA) is 142 Å². The highest BCUT2D eigenvalue weighted by Crippen LogP contribution is 2.36. The van der Waals surface area contributed by atoms with E-state index in [2.05, 4.69) is 21.3 Å². The molecule has 0 saturated carbocycles. The van der Waals surface area contributed by atoms with Gasteiger partial charge in [-0.15, -0.1) is 10.2 Å². The van der Waals surface area contributed by atoms with Crippen LogP contribution in [0.5, 0.6) is 0 Å². The van der Waals surface area contributed by atoms with E-state index < -0.39 is 10.1 Å². The molecule has 9 heteroatoms. The van der Waals surface area contributed by atoms with E-state index in [-0.39, 0.29) is 16.3 Å². The number of benzene rings is 3. The number of pyridine rings is 1. The second-order valence-electron chi connectivity index (χ2n) is 6.62. The molecule has 152 valence electrons. The molecule has 8 nitrogen and oxygen atoms in total. The van der Waals surface area contributed by atoms with Gasteiger partial charge in [0.05, 0.1) is 29.2 Å².